The largest absolute Gasteiger partial charge is 0.456 e. The van der Waals surface area contributed by atoms with Gasteiger partial charge in [-0.2, -0.15) is 0 Å². The van der Waals surface area contributed by atoms with Crippen LogP contribution in [-0.2, 0) is 24.3 Å². The molecule has 0 saturated heterocycles. The molecular weight excluding hydrogens is 399 g/mol. The van der Waals surface area contributed by atoms with E-state index in [1.54, 1.807) is 6.07 Å². The third-order valence-electron chi connectivity index (χ3n) is 3.26. The van der Waals surface area contributed by atoms with E-state index >= 15 is 0 Å². The third kappa shape index (κ3) is 6.31. The van der Waals surface area contributed by atoms with Gasteiger partial charge in [0.15, 0.2) is 6.61 Å². The normalized spacial score (nSPS) is 11.0. The lowest BCUT2D eigenvalue weighted by molar-refractivity contribution is -0.147. The van der Waals surface area contributed by atoms with Crippen LogP contribution in [0.15, 0.2) is 53.4 Å². The number of anilines is 1. The summed E-state index contributed by atoms with van der Waals surface area (Å²) in [5.41, 5.74) is -0.0361. The Morgan fingerprint density at radius 3 is 2.44 bits per heavy atom. The van der Waals surface area contributed by atoms with Crippen molar-refractivity contribution in [2.45, 2.75) is 11.3 Å². The van der Waals surface area contributed by atoms with Crippen LogP contribution in [0, 0.1) is 5.82 Å². The highest BCUT2D eigenvalue weighted by Crippen LogP contribution is 2.20. The van der Waals surface area contributed by atoms with Gasteiger partial charge in [0.25, 0.3) is 5.91 Å². The highest BCUT2D eigenvalue weighted by atomic mass is 35.5. The van der Waals surface area contributed by atoms with Crippen LogP contribution in [0.5, 0.6) is 0 Å². The predicted octanol–water partition coefficient (Wildman–Crippen LogP) is 2.33. The molecule has 2 rings (SSSR count). The molecule has 0 fully saturated rings. The average Bonchev–Trinajstić information content (AvgIpc) is 2.62. The average molecular weight is 415 g/mol. The van der Waals surface area contributed by atoms with Gasteiger partial charge in [-0.15, -0.1) is 0 Å². The number of carbonyl (C=O) groups is 2. The molecule has 27 heavy (non-hydrogen) atoms. The van der Waals surface area contributed by atoms with Gasteiger partial charge in [-0.1, -0.05) is 35.9 Å². The molecule has 0 bridgehead atoms. The molecular formula is C17H16ClFN2O5S. The molecule has 0 atom stereocenters. The zero-order chi connectivity index (χ0) is 19.9. The van der Waals surface area contributed by atoms with E-state index in [1.165, 1.54) is 42.5 Å². The Kier molecular flexibility index (Phi) is 7.28. The summed E-state index contributed by atoms with van der Waals surface area (Å²) >= 11 is 5.83. The van der Waals surface area contributed by atoms with Crippen molar-refractivity contribution in [3.63, 3.8) is 0 Å². The number of halogens is 2. The van der Waals surface area contributed by atoms with Gasteiger partial charge >= 0.3 is 5.97 Å². The number of sulfonamides is 1. The topological polar surface area (TPSA) is 102 Å². The molecule has 0 aliphatic carbocycles. The Labute approximate surface area is 160 Å². The molecule has 0 unspecified atom stereocenters. The first kappa shape index (κ1) is 20.8. The fourth-order valence-corrected chi connectivity index (χ4v) is 3.54. The standard InChI is InChI=1S/C17H16ClFN2O5S/c18-12-5-1-4-8-15(12)27(24,25)20-10-9-17(23)26-11-16(22)21-14-7-3-2-6-13(14)19/h1-8,20H,9-11H2,(H,21,22). The summed E-state index contributed by atoms with van der Waals surface area (Å²) in [6, 6.07) is 11.4. The van der Waals surface area contributed by atoms with Crippen LogP contribution in [0.1, 0.15) is 6.42 Å². The fraction of sp³-hybridized carbons (Fsp3) is 0.176. The maximum Gasteiger partial charge on any atom is 0.307 e. The number of amides is 1. The van der Waals surface area contributed by atoms with Crippen molar-refractivity contribution in [3.8, 4) is 0 Å². The lowest BCUT2D eigenvalue weighted by Gasteiger charge is -2.09. The second-order valence-corrected chi connectivity index (χ2v) is 7.41. The van der Waals surface area contributed by atoms with Crippen LogP contribution in [0.25, 0.3) is 0 Å². The van der Waals surface area contributed by atoms with E-state index < -0.39 is 34.3 Å². The molecule has 2 aromatic rings. The van der Waals surface area contributed by atoms with E-state index in [4.69, 9.17) is 16.3 Å². The summed E-state index contributed by atoms with van der Waals surface area (Å²) in [4.78, 5) is 23.2. The summed E-state index contributed by atoms with van der Waals surface area (Å²) in [7, 11) is -3.87. The second kappa shape index (κ2) is 9.45. The molecule has 1 amide bonds. The highest BCUT2D eigenvalue weighted by molar-refractivity contribution is 7.89. The van der Waals surface area contributed by atoms with Crippen LogP contribution in [0.2, 0.25) is 5.02 Å². The summed E-state index contributed by atoms with van der Waals surface area (Å²) in [6.45, 7) is -0.855. The fourth-order valence-electron chi connectivity index (χ4n) is 1.99. The zero-order valence-corrected chi connectivity index (χ0v) is 15.5. The number of carbonyl (C=O) groups excluding carboxylic acids is 2. The Balaban J connectivity index is 1.76. The molecule has 7 nitrogen and oxygen atoms in total. The Hall–Kier alpha value is -2.49. The molecule has 0 aliphatic rings. The van der Waals surface area contributed by atoms with Crippen LogP contribution >= 0.6 is 11.6 Å². The van der Waals surface area contributed by atoms with Gasteiger partial charge in [0.2, 0.25) is 10.0 Å². The molecule has 0 saturated carbocycles. The van der Waals surface area contributed by atoms with Gasteiger partial charge in [0.1, 0.15) is 10.7 Å². The van der Waals surface area contributed by atoms with Crippen LogP contribution in [0.3, 0.4) is 0 Å². The highest BCUT2D eigenvalue weighted by Gasteiger charge is 2.17. The monoisotopic (exact) mass is 414 g/mol. The number of hydrogen-bond donors (Lipinski definition) is 2. The molecule has 0 spiro atoms. The van der Waals surface area contributed by atoms with Gasteiger partial charge < -0.3 is 10.1 Å². The van der Waals surface area contributed by atoms with Gasteiger partial charge in [0.05, 0.1) is 17.1 Å². The zero-order valence-electron chi connectivity index (χ0n) is 13.9. The van der Waals surface area contributed by atoms with Crippen molar-refractivity contribution < 1.29 is 27.1 Å². The number of benzene rings is 2. The minimum atomic E-state index is -3.87. The maximum atomic E-state index is 13.4. The van der Waals surface area contributed by atoms with Crippen LogP contribution in [-0.4, -0.2) is 33.4 Å². The summed E-state index contributed by atoms with van der Waals surface area (Å²) in [5.74, 6) is -2.13. The van der Waals surface area contributed by atoms with Crippen LogP contribution in [0.4, 0.5) is 10.1 Å². The van der Waals surface area contributed by atoms with Crippen molar-refractivity contribution in [1.29, 1.82) is 0 Å². The van der Waals surface area contributed by atoms with Crippen molar-refractivity contribution in [3.05, 3.63) is 59.4 Å². The first-order valence-corrected chi connectivity index (χ1v) is 9.60. The third-order valence-corrected chi connectivity index (χ3v) is 5.22. The van der Waals surface area contributed by atoms with E-state index in [1.807, 2.05) is 0 Å². The first-order valence-electron chi connectivity index (χ1n) is 7.74. The number of para-hydroxylation sites is 1. The van der Waals surface area contributed by atoms with Crippen LogP contribution < -0.4 is 10.0 Å². The Bertz CT molecular complexity index is 936. The lowest BCUT2D eigenvalue weighted by Crippen LogP contribution is -2.28. The molecule has 10 heteroatoms. The van der Waals surface area contributed by atoms with Crippen molar-refractivity contribution in [1.82, 2.24) is 4.72 Å². The molecule has 0 radical (unpaired) electrons. The van der Waals surface area contributed by atoms with Gasteiger partial charge in [-0.05, 0) is 24.3 Å². The molecule has 2 N–H and O–H groups in total. The Morgan fingerprint density at radius 2 is 1.74 bits per heavy atom. The first-order chi connectivity index (χ1) is 12.8. The van der Waals surface area contributed by atoms with E-state index in [2.05, 4.69) is 10.0 Å². The number of esters is 1. The maximum absolute atomic E-state index is 13.4. The predicted molar refractivity (Wildman–Crippen MR) is 97.2 cm³/mol. The molecule has 0 aliphatic heterocycles. The lowest BCUT2D eigenvalue weighted by atomic mass is 10.3. The minimum Gasteiger partial charge on any atom is -0.456 e. The molecule has 2 aromatic carbocycles. The number of nitrogens with one attached hydrogen (secondary N) is 2. The van der Waals surface area contributed by atoms with Gasteiger partial charge in [-0.3, -0.25) is 9.59 Å². The van der Waals surface area contributed by atoms with Crippen molar-refractivity contribution >= 4 is 39.2 Å². The van der Waals surface area contributed by atoms with Crippen molar-refractivity contribution in [2.24, 2.45) is 0 Å². The second-order valence-electron chi connectivity index (χ2n) is 5.27. The minimum absolute atomic E-state index is 0.0361. The van der Waals surface area contributed by atoms with Gasteiger partial charge in [-0.25, -0.2) is 17.5 Å². The summed E-state index contributed by atoms with van der Waals surface area (Å²) in [5, 5.41) is 2.31. The van der Waals surface area contributed by atoms with E-state index in [-0.39, 0.29) is 28.6 Å². The van der Waals surface area contributed by atoms with Gasteiger partial charge in [0, 0.05) is 6.54 Å². The summed E-state index contributed by atoms with van der Waals surface area (Å²) in [6.07, 6.45) is -0.295. The quantitative estimate of drug-likeness (QED) is 0.645. The smallest absolute Gasteiger partial charge is 0.307 e. The summed E-state index contributed by atoms with van der Waals surface area (Å²) < 4.78 is 44.5. The Morgan fingerprint density at radius 1 is 1.07 bits per heavy atom. The van der Waals surface area contributed by atoms with E-state index in [0.717, 1.165) is 0 Å². The van der Waals surface area contributed by atoms with E-state index in [9.17, 15) is 22.4 Å². The number of rotatable bonds is 8. The number of hydrogen-bond acceptors (Lipinski definition) is 5. The molecule has 0 heterocycles. The molecule has 144 valence electrons. The SMILES string of the molecule is O=C(COC(=O)CCNS(=O)(=O)c1ccccc1Cl)Nc1ccccc1F. The number of ether oxygens (including phenoxy) is 1. The van der Waals surface area contributed by atoms with E-state index in [0.29, 0.717) is 0 Å². The van der Waals surface area contributed by atoms with Crippen molar-refractivity contribution in [2.75, 3.05) is 18.5 Å². The molecule has 0 aromatic heterocycles.